The molecule has 0 nitrogen and oxygen atoms in total. The van der Waals surface area contributed by atoms with Crippen molar-refractivity contribution < 1.29 is 17.9 Å². The van der Waals surface area contributed by atoms with Crippen LogP contribution in [0.3, 0.4) is 0 Å². The Morgan fingerprint density at radius 1 is 1.75 bits per heavy atom. The summed E-state index contributed by atoms with van der Waals surface area (Å²) in [4.78, 5) is 0. The van der Waals surface area contributed by atoms with Crippen molar-refractivity contribution in [1.29, 1.82) is 0 Å². The fourth-order valence-electron chi connectivity index (χ4n) is 0. The van der Waals surface area contributed by atoms with Gasteiger partial charge < -0.3 is 0 Å². The third-order valence-electron chi connectivity index (χ3n) is 0. The van der Waals surface area contributed by atoms with Gasteiger partial charge >= 0.3 is 29.4 Å². The van der Waals surface area contributed by atoms with Crippen LogP contribution in [0.5, 0.6) is 0 Å². The van der Waals surface area contributed by atoms with E-state index in [0.29, 0.717) is 0 Å². The molecule has 0 aromatic heterocycles. The summed E-state index contributed by atoms with van der Waals surface area (Å²) in [6, 6.07) is 0. The van der Waals surface area contributed by atoms with Gasteiger partial charge in [0.1, 0.15) is 0 Å². The molecule has 0 rings (SSSR count). The average molecular weight is 174 g/mol. The Balaban J connectivity index is 0. The molecule has 0 N–H and O–H groups in total. The summed E-state index contributed by atoms with van der Waals surface area (Å²) in [7, 11) is 0. The van der Waals surface area contributed by atoms with E-state index in [1.807, 2.05) is 0 Å². The van der Waals surface area contributed by atoms with Gasteiger partial charge in [0, 0.05) is 0 Å². The number of hydrogen-bond acceptors (Lipinski definition) is 0. The van der Waals surface area contributed by atoms with Crippen LogP contribution in [0, 0.1) is 0 Å². The summed E-state index contributed by atoms with van der Waals surface area (Å²) in [5.41, 5.74) is 0. The molecule has 0 radical (unpaired) electrons. The van der Waals surface area contributed by atoms with Crippen LogP contribution in [0.4, 0.5) is 0 Å². The summed E-state index contributed by atoms with van der Waals surface area (Å²) in [5.74, 6) is 0. The molecule has 0 spiro atoms. The maximum atomic E-state index is 2.12. The first-order valence-corrected chi connectivity index (χ1v) is 2.70. The zero-order valence-electron chi connectivity index (χ0n) is 2.69. The van der Waals surface area contributed by atoms with Crippen molar-refractivity contribution >= 4 is 21.6 Å². The van der Waals surface area contributed by atoms with Crippen LogP contribution in [0.2, 0.25) is 0 Å². The quantitative estimate of drug-likeness (QED) is 0.479. The van der Waals surface area contributed by atoms with Crippen LogP contribution in [0.1, 0.15) is 6.92 Å². The fraction of sp³-hybridized carbons (Fsp3) is 0.500. The molecule has 0 saturated carbocycles. The Morgan fingerprint density at radius 2 is 1.75 bits per heavy atom. The standard InChI is InChI=1S/C2H4.BrH.Zn/c1-2;;/h1H,2H3;1H;. The van der Waals surface area contributed by atoms with E-state index in [2.05, 4.69) is 11.5 Å². The molecule has 0 bridgehead atoms. The van der Waals surface area contributed by atoms with Gasteiger partial charge in [0.15, 0.2) is 0 Å². The van der Waals surface area contributed by atoms with E-state index >= 15 is 0 Å². The predicted molar refractivity (Wildman–Crippen MR) is 22.1 cm³/mol. The predicted octanol–water partition coefficient (Wildman–Crippen LogP) is 0.933. The third-order valence-corrected chi connectivity index (χ3v) is 0. The molecule has 4 heavy (non-hydrogen) atoms. The molecule has 0 aliphatic rings. The van der Waals surface area contributed by atoms with Crippen LogP contribution >= 0.6 is 17.0 Å². The SMILES string of the molecule is Br.C[CH]=[Zn]. The number of hydrogen-bond donors (Lipinski definition) is 0. The van der Waals surface area contributed by atoms with Gasteiger partial charge in [-0.15, -0.1) is 17.0 Å². The van der Waals surface area contributed by atoms with Gasteiger partial charge in [0.2, 0.25) is 0 Å². The Kier molecular flexibility index (Phi) is 20.0. The molecule has 0 aromatic rings. The summed E-state index contributed by atoms with van der Waals surface area (Å²) < 4.78 is 2.12. The van der Waals surface area contributed by atoms with E-state index in [9.17, 15) is 0 Å². The average Bonchev–Trinajstić information content (AvgIpc) is 0.918. The van der Waals surface area contributed by atoms with Crippen molar-refractivity contribution in [1.82, 2.24) is 0 Å². The molecule has 0 aliphatic carbocycles. The van der Waals surface area contributed by atoms with Crippen LogP contribution < -0.4 is 0 Å². The van der Waals surface area contributed by atoms with Gasteiger partial charge in [-0.05, 0) is 0 Å². The van der Waals surface area contributed by atoms with Crippen molar-refractivity contribution in [3.8, 4) is 0 Å². The number of halogens is 1. The van der Waals surface area contributed by atoms with E-state index < -0.39 is 0 Å². The van der Waals surface area contributed by atoms with E-state index in [1.54, 1.807) is 0 Å². The Labute approximate surface area is 46.6 Å². The normalized spacial score (nSPS) is 3.75. The van der Waals surface area contributed by atoms with E-state index in [0.717, 1.165) is 0 Å². The minimum absolute atomic E-state index is 0. The molecule has 0 saturated heterocycles. The van der Waals surface area contributed by atoms with Crippen LogP contribution in [-0.4, -0.2) is 4.61 Å². The second-order valence-electron chi connectivity index (χ2n) is 0.408. The molecule has 0 atom stereocenters. The van der Waals surface area contributed by atoms with Gasteiger partial charge in [0.05, 0.1) is 0 Å². The molecule has 0 fully saturated rings. The molecular formula is C2H5BrZn. The number of rotatable bonds is 0. The van der Waals surface area contributed by atoms with Gasteiger partial charge in [-0.2, -0.15) is 0 Å². The zero-order chi connectivity index (χ0) is 2.71. The zero-order valence-corrected chi connectivity index (χ0v) is 7.37. The molecule has 0 amide bonds. The summed E-state index contributed by atoms with van der Waals surface area (Å²) in [6.07, 6.45) is 0. The Bertz CT molecular complexity index is 13.5. The van der Waals surface area contributed by atoms with Gasteiger partial charge in [0.25, 0.3) is 0 Å². The first kappa shape index (κ1) is 8.88. The van der Waals surface area contributed by atoms with Crippen molar-refractivity contribution in [3.63, 3.8) is 0 Å². The molecule has 22 valence electrons. The summed E-state index contributed by atoms with van der Waals surface area (Å²) >= 11 is 1.32. The van der Waals surface area contributed by atoms with Crippen LogP contribution in [0.25, 0.3) is 0 Å². The molecule has 0 aliphatic heterocycles. The van der Waals surface area contributed by atoms with Gasteiger partial charge in [-0.3, -0.25) is 0 Å². The molecule has 0 aromatic carbocycles. The summed E-state index contributed by atoms with van der Waals surface area (Å²) in [6.45, 7) is 2.06. The Morgan fingerprint density at radius 3 is 1.75 bits per heavy atom. The van der Waals surface area contributed by atoms with Gasteiger partial charge in [-0.25, -0.2) is 0 Å². The second-order valence-corrected chi connectivity index (χ2v) is 2.12. The Hall–Kier alpha value is 0.973. The first-order valence-electron chi connectivity index (χ1n) is 0.986. The van der Waals surface area contributed by atoms with Crippen LogP contribution in [0.15, 0.2) is 0 Å². The first-order chi connectivity index (χ1) is 1.41. The van der Waals surface area contributed by atoms with Gasteiger partial charge in [-0.1, -0.05) is 0 Å². The topological polar surface area (TPSA) is 0 Å². The minimum atomic E-state index is 0. The van der Waals surface area contributed by atoms with Crippen LogP contribution in [-0.2, 0) is 17.9 Å². The molecular weight excluding hydrogens is 169 g/mol. The van der Waals surface area contributed by atoms with Crippen molar-refractivity contribution in [3.05, 3.63) is 0 Å². The maximum absolute atomic E-state index is 2.12. The van der Waals surface area contributed by atoms with Crippen molar-refractivity contribution in [2.45, 2.75) is 6.92 Å². The van der Waals surface area contributed by atoms with Crippen molar-refractivity contribution in [2.24, 2.45) is 0 Å². The second kappa shape index (κ2) is 9.02. The molecule has 0 heterocycles. The third kappa shape index (κ3) is 12.2. The monoisotopic (exact) mass is 172 g/mol. The van der Waals surface area contributed by atoms with E-state index in [-0.39, 0.29) is 17.0 Å². The summed E-state index contributed by atoms with van der Waals surface area (Å²) in [5, 5.41) is 0. The van der Waals surface area contributed by atoms with E-state index in [4.69, 9.17) is 0 Å². The molecule has 0 unspecified atom stereocenters. The molecule has 2 heteroatoms. The van der Waals surface area contributed by atoms with Crippen molar-refractivity contribution in [2.75, 3.05) is 0 Å². The fourth-order valence-corrected chi connectivity index (χ4v) is 0. The van der Waals surface area contributed by atoms with E-state index in [1.165, 1.54) is 17.9 Å².